The van der Waals surface area contributed by atoms with E-state index in [2.05, 4.69) is 23.3 Å². The van der Waals surface area contributed by atoms with Gasteiger partial charge in [0.25, 0.3) is 0 Å². The van der Waals surface area contributed by atoms with Crippen molar-refractivity contribution in [3.05, 3.63) is 65.0 Å². The Bertz CT molecular complexity index is 724. The molecule has 0 aliphatic rings. The number of thiophene rings is 1. The number of likely N-dealkylation sites (N-methyl/N-ethyl adjacent to an activating group) is 1. The minimum Gasteiger partial charge on any atom is -0.309 e. The smallest absolute Gasteiger partial charge is 0.123 e. The lowest BCUT2D eigenvalue weighted by Gasteiger charge is -2.16. The predicted molar refractivity (Wildman–Crippen MR) is 86.1 cm³/mol. The molecule has 0 saturated heterocycles. The molecule has 0 amide bonds. The first kappa shape index (κ1) is 14.2. The van der Waals surface area contributed by atoms with Crippen LogP contribution in [0.4, 0.5) is 4.39 Å². The summed E-state index contributed by atoms with van der Waals surface area (Å²) >= 11 is 1.73. The Labute approximate surface area is 127 Å². The molecule has 0 radical (unpaired) electrons. The molecule has 4 heteroatoms. The van der Waals surface area contributed by atoms with Crippen LogP contribution in [0.5, 0.6) is 0 Å². The minimum atomic E-state index is -0.180. The van der Waals surface area contributed by atoms with E-state index in [9.17, 15) is 4.39 Å². The molecule has 3 rings (SSSR count). The molecule has 2 nitrogen and oxygen atoms in total. The molecular formula is C17H17FN2S. The van der Waals surface area contributed by atoms with Gasteiger partial charge in [-0.05, 0) is 60.3 Å². The van der Waals surface area contributed by atoms with Gasteiger partial charge in [-0.3, -0.25) is 4.98 Å². The summed E-state index contributed by atoms with van der Waals surface area (Å²) in [7, 11) is 0. The molecule has 3 aromatic rings. The summed E-state index contributed by atoms with van der Waals surface area (Å²) in [4.78, 5) is 5.30. The minimum absolute atomic E-state index is 0.180. The molecule has 0 bridgehead atoms. The second-order valence-corrected chi connectivity index (χ2v) is 6.12. The fourth-order valence-corrected chi connectivity index (χ4v) is 3.60. The second kappa shape index (κ2) is 6.33. The van der Waals surface area contributed by atoms with Gasteiger partial charge in [0.1, 0.15) is 5.82 Å². The highest BCUT2D eigenvalue weighted by molar-refractivity contribution is 7.19. The fraction of sp³-hybridized carbons (Fsp3) is 0.235. The first-order chi connectivity index (χ1) is 10.3. The Morgan fingerprint density at radius 3 is 2.76 bits per heavy atom. The SMILES string of the molecule is CCNC(Cc1ccncc1)c1cc2cc(F)ccc2s1. The summed E-state index contributed by atoms with van der Waals surface area (Å²) in [5.74, 6) is -0.180. The van der Waals surface area contributed by atoms with Gasteiger partial charge in [0.05, 0.1) is 0 Å². The third-order valence-electron chi connectivity index (χ3n) is 3.48. The van der Waals surface area contributed by atoms with Crippen LogP contribution in [0, 0.1) is 5.82 Å². The third kappa shape index (κ3) is 3.28. The summed E-state index contributed by atoms with van der Waals surface area (Å²) in [5.41, 5.74) is 1.25. The summed E-state index contributed by atoms with van der Waals surface area (Å²) in [6, 6.07) is 11.4. The summed E-state index contributed by atoms with van der Waals surface area (Å²) in [6.45, 7) is 3.00. The van der Waals surface area contributed by atoms with E-state index in [-0.39, 0.29) is 11.9 Å². The molecule has 0 fully saturated rings. The van der Waals surface area contributed by atoms with E-state index in [1.54, 1.807) is 17.4 Å². The highest BCUT2D eigenvalue weighted by Gasteiger charge is 2.14. The van der Waals surface area contributed by atoms with E-state index in [0.717, 1.165) is 23.1 Å². The van der Waals surface area contributed by atoms with Crippen molar-refractivity contribution in [1.82, 2.24) is 10.3 Å². The second-order valence-electron chi connectivity index (χ2n) is 5.00. The molecule has 2 heterocycles. The van der Waals surface area contributed by atoms with Crippen LogP contribution >= 0.6 is 11.3 Å². The molecule has 0 aliphatic carbocycles. The van der Waals surface area contributed by atoms with Gasteiger partial charge in [0.15, 0.2) is 0 Å². The Kier molecular flexibility index (Phi) is 4.27. The van der Waals surface area contributed by atoms with Crippen molar-refractivity contribution in [3.63, 3.8) is 0 Å². The van der Waals surface area contributed by atoms with Gasteiger partial charge in [-0.15, -0.1) is 11.3 Å². The van der Waals surface area contributed by atoms with E-state index < -0.39 is 0 Å². The largest absolute Gasteiger partial charge is 0.309 e. The van der Waals surface area contributed by atoms with Crippen LogP contribution in [-0.2, 0) is 6.42 Å². The van der Waals surface area contributed by atoms with Gasteiger partial charge in [-0.25, -0.2) is 4.39 Å². The first-order valence-electron chi connectivity index (χ1n) is 7.07. The lowest BCUT2D eigenvalue weighted by molar-refractivity contribution is 0.558. The molecule has 0 aliphatic heterocycles. The zero-order valence-electron chi connectivity index (χ0n) is 11.8. The zero-order valence-corrected chi connectivity index (χ0v) is 12.7. The van der Waals surface area contributed by atoms with Crippen molar-refractivity contribution in [3.8, 4) is 0 Å². The van der Waals surface area contributed by atoms with Gasteiger partial charge in [-0.1, -0.05) is 6.92 Å². The molecule has 21 heavy (non-hydrogen) atoms. The number of nitrogens with one attached hydrogen (secondary N) is 1. The van der Waals surface area contributed by atoms with Crippen molar-refractivity contribution in [2.24, 2.45) is 0 Å². The maximum atomic E-state index is 13.3. The number of pyridine rings is 1. The van der Waals surface area contributed by atoms with Crippen molar-refractivity contribution in [2.75, 3.05) is 6.54 Å². The quantitative estimate of drug-likeness (QED) is 0.758. The number of halogens is 1. The van der Waals surface area contributed by atoms with Crippen molar-refractivity contribution in [2.45, 2.75) is 19.4 Å². The monoisotopic (exact) mass is 300 g/mol. The topological polar surface area (TPSA) is 24.9 Å². The van der Waals surface area contributed by atoms with Gasteiger partial charge >= 0.3 is 0 Å². The average molecular weight is 300 g/mol. The molecular weight excluding hydrogens is 283 g/mol. The number of hydrogen-bond acceptors (Lipinski definition) is 3. The summed E-state index contributed by atoms with van der Waals surface area (Å²) in [5, 5.41) is 4.50. The van der Waals surface area contributed by atoms with E-state index >= 15 is 0 Å². The van der Waals surface area contributed by atoms with E-state index in [4.69, 9.17) is 0 Å². The third-order valence-corrected chi connectivity index (χ3v) is 4.71. The Morgan fingerprint density at radius 1 is 1.19 bits per heavy atom. The van der Waals surface area contributed by atoms with Crippen LogP contribution in [0.15, 0.2) is 48.8 Å². The summed E-state index contributed by atoms with van der Waals surface area (Å²) < 4.78 is 14.5. The van der Waals surface area contributed by atoms with Crippen molar-refractivity contribution < 1.29 is 4.39 Å². The van der Waals surface area contributed by atoms with E-state index in [0.29, 0.717) is 0 Å². The lowest BCUT2D eigenvalue weighted by atomic mass is 10.1. The fourth-order valence-electron chi connectivity index (χ4n) is 2.48. The van der Waals surface area contributed by atoms with E-state index in [1.807, 2.05) is 30.6 Å². The average Bonchev–Trinajstić information content (AvgIpc) is 2.91. The Morgan fingerprint density at radius 2 is 2.00 bits per heavy atom. The van der Waals surface area contributed by atoms with Crippen LogP contribution in [-0.4, -0.2) is 11.5 Å². The zero-order chi connectivity index (χ0) is 14.7. The highest BCUT2D eigenvalue weighted by Crippen LogP contribution is 2.32. The predicted octanol–water partition coefficient (Wildman–Crippen LogP) is 4.33. The van der Waals surface area contributed by atoms with E-state index in [1.165, 1.54) is 16.5 Å². The van der Waals surface area contributed by atoms with Crippen LogP contribution in [0.25, 0.3) is 10.1 Å². The number of nitrogens with zero attached hydrogens (tertiary/aromatic N) is 1. The molecule has 1 N–H and O–H groups in total. The Balaban J connectivity index is 1.91. The number of aromatic nitrogens is 1. The molecule has 0 spiro atoms. The standard InChI is InChI=1S/C17H17FN2S/c1-2-20-15(9-12-5-7-19-8-6-12)17-11-13-10-14(18)3-4-16(13)21-17/h3-8,10-11,15,20H,2,9H2,1H3. The van der Waals surface area contributed by atoms with Crippen molar-refractivity contribution >= 4 is 21.4 Å². The molecule has 2 aromatic heterocycles. The molecule has 108 valence electrons. The van der Waals surface area contributed by atoms with Crippen LogP contribution in [0.1, 0.15) is 23.4 Å². The number of benzene rings is 1. The van der Waals surface area contributed by atoms with Gasteiger partial charge in [0.2, 0.25) is 0 Å². The van der Waals surface area contributed by atoms with Gasteiger partial charge < -0.3 is 5.32 Å². The maximum Gasteiger partial charge on any atom is 0.123 e. The Hall–Kier alpha value is -1.78. The highest BCUT2D eigenvalue weighted by atomic mass is 32.1. The van der Waals surface area contributed by atoms with Crippen LogP contribution in [0.2, 0.25) is 0 Å². The van der Waals surface area contributed by atoms with Crippen molar-refractivity contribution in [1.29, 1.82) is 0 Å². The number of rotatable bonds is 5. The molecule has 0 saturated carbocycles. The molecule has 1 aromatic carbocycles. The first-order valence-corrected chi connectivity index (χ1v) is 7.89. The molecule has 1 unspecified atom stereocenters. The summed E-state index contributed by atoms with van der Waals surface area (Å²) in [6.07, 6.45) is 4.54. The number of fused-ring (bicyclic) bond motifs is 1. The van der Waals surface area contributed by atoms with Gasteiger partial charge in [-0.2, -0.15) is 0 Å². The van der Waals surface area contributed by atoms with Gasteiger partial charge in [0, 0.05) is 28.0 Å². The van der Waals surface area contributed by atoms with Crippen LogP contribution < -0.4 is 5.32 Å². The van der Waals surface area contributed by atoms with Crippen LogP contribution in [0.3, 0.4) is 0 Å². The molecule has 1 atom stereocenters. The maximum absolute atomic E-state index is 13.3. The lowest BCUT2D eigenvalue weighted by Crippen LogP contribution is -2.22. The number of hydrogen-bond donors (Lipinski definition) is 1. The normalized spacial score (nSPS) is 12.7.